The van der Waals surface area contributed by atoms with Gasteiger partial charge in [-0.05, 0) is 39.3 Å². The van der Waals surface area contributed by atoms with Crippen molar-refractivity contribution in [3.05, 3.63) is 35.1 Å². The minimum absolute atomic E-state index is 0.187. The first kappa shape index (κ1) is 16.0. The van der Waals surface area contributed by atoms with Crippen molar-refractivity contribution in [1.29, 1.82) is 5.26 Å². The van der Waals surface area contributed by atoms with Crippen LogP contribution in [0.1, 0.15) is 44.9 Å². The molecule has 0 radical (unpaired) electrons. The molecule has 0 saturated heterocycles. The molecule has 0 fully saturated rings. The Hall–Kier alpha value is -1.09. The molecule has 0 amide bonds. The summed E-state index contributed by atoms with van der Waals surface area (Å²) in [7, 11) is 0. The Balaban J connectivity index is 2.83. The molecule has 1 aromatic carbocycles. The highest BCUT2D eigenvalue weighted by Gasteiger charge is 2.29. The fraction of sp³-hybridized carbons (Fsp3) is 0.500. The van der Waals surface area contributed by atoms with Crippen molar-refractivity contribution in [3.8, 4) is 6.07 Å². The van der Waals surface area contributed by atoms with Crippen molar-refractivity contribution >= 4 is 11.4 Å². The summed E-state index contributed by atoms with van der Waals surface area (Å²) in [5, 5.41) is 8.57. The summed E-state index contributed by atoms with van der Waals surface area (Å²) >= 11 is -1.25. The highest BCUT2D eigenvalue weighted by atomic mass is 32.2. The molecular formula is C14H19FN2OS. The molecular weight excluding hydrogens is 263 g/mol. The van der Waals surface area contributed by atoms with Gasteiger partial charge in [-0.3, -0.25) is 0 Å². The predicted molar refractivity (Wildman–Crippen MR) is 75.2 cm³/mol. The van der Waals surface area contributed by atoms with Gasteiger partial charge in [-0.2, -0.15) is 5.26 Å². The maximum absolute atomic E-state index is 13.9. The van der Waals surface area contributed by atoms with E-state index in [1.54, 1.807) is 19.1 Å². The molecule has 104 valence electrons. The monoisotopic (exact) mass is 282 g/mol. The van der Waals surface area contributed by atoms with Crippen LogP contribution in [0.25, 0.3) is 0 Å². The summed E-state index contributed by atoms with van der Waals surface area (Å²) in [6.45, 7) is 7.34. The molecule has 0 heterocycles. The van der Waals surface area contributed by atoms with Crippen molar-refractivity contribution in [2.24, 2.45) is 0 Å². The van der Waals surface area contributed by atoms with E-state index in [9.17, 15) is 8.94 Å². The van der Waals surface area contributed by atoms with Gasteiger partial charge in [0.25, 0.3) is 0 Å². The molecule has 1 rings (SSSR count). The average molecular weight is 282 g/mol. The third-order valence-electron chi connectivity index (χ3n) is 2.65. The number of nitriles is 1. The van der Waals surface area contributed by atoms with E-state index >= 15 is 0 Å². The Kier molecular flexibility index (Phi) is 5.36. The van der Waals surface area contributed by atoms with E-state index < -0.39 is 16.1 Å². The highest BCUT2D eigenvalue weighted by Crippen LogP contribution is 2.22. The molecule has 2 atom stereocenters. The quantitative estimate of drug-likeness (QED) is 0.864. The van der Waals surface area contributed by atoms with Crippen LogP contribution in [-0.4, -0.2) is 9.30 Å². The summed E-state index contributed by atoms with van der Waals surface area (Å²) < 4.78 is 28.4. The van der Waals surface area contributed by atoms with Gasteiger partial charge in [0, 0.05) is 16.9 Å². The number of halogens is 1. The second-order valence-electron chi connectivity index (χ2n) is 5.41. The first-order chi connectivity index (χ1) is 8.75. The topological polar surface area (TPSA) is 58.9 Å². The summed E-state index contributed by atoms with van der Waals surface area (Å²) in [6, 6.07) is 6.35. The van der Waals surface area contributed by atoms with Crippen LogP contribution in [0.5, 0.6) is 0 Å². The van der Waals surface area contributed by atoms with Gasteiger partial charge in [-0.25, -0.2) is 4.39 Å². The van der Waals surface area contributed by atoms with E-state index in [4.69, 9.17) is 5.26 Å². The van der Waals surface area contributed by atoms with Gasteiger partial charge in [0.15, 0.2) is 0 Å². The molecule has 0 saturated carbocycles. The van der Waals surface area contributed by atoms with Gasteiger partial charge in [-0.15, -0.1) is 4.72 Å². The van der Waals surface area contributed by atoms with Gasteiger partial charge >= 0.3 is 0 Å². The molecule has 0 aromatic heterocycles. The maximum Gasteiger partial charge on any atom is 0.136 e. The van der Waals surface area contributed by atoms with Gasteiger partial charge in [0.1, 0.15) is 10.6 Å². The maximum atomic E-state index is 13.9. The van der Waals surface area contributed by atoms with Crippen LogP contribution in [-0.2, 0) is 17.8 Å². The zero-order chi connectivity index (χ0) is 14.6. The number of rotatable bonds is 4. The van der Waals surface area contributed by atoms with Crippen LogP contribution in [0, 0.1) is 17.1 Å². The highest BCUT2D eigenvalue weighted by molar-refractivity contribution is 7.90. The molecule has 1 aromatic rings. The number of benzene rings is 1. The summed E-state index contributed by atoms with van der Waals surface area (Å²) in [5.41, 5.74) is 1.10. The fourth-order valence-corrected chi connectivity index (χ4v) is 2.33. The average Bonchev–Trinajstić information content (AvgIpc) is 2.27. The van der Waals surface area contributed by atoms with Gasteiger partial charge in [-0.1, -0.05) is 12.1 Å². The largest absolute Gasteiger partial charge is 0.598 e. The standard InChI is InChI=1S/C14H19FN2OS/c1-10(17-19(18)14(2,3)4)12-6-5-11(7-8-16)9-13(12)15/h5-6,9-10,17H,7H2,1-4H3. The van der Waals surface area contributed by atoms with Gasteiger partial charge < -0.3 is 4.55 Å². The second kappa shape index (κ2) is 6.38. The SMILES string of the molecule is CC(N[S+]([O-])C(C)(C)C)c1ccc(CC#N)cc1F. The van der Waals surface area contributed by atoms with Crippen molar-refractivity contribution in [2.45, 2.75) is 44.9 Å². The zero-order valence-corrected chi connectivity index (χ0v) is 12.5. The normalized spacial score (nSPS) is 14.8. The molecule has 3 nitrogen and oxygen atoms in total. The minimum Gasteiger partial charge on any atom is -0.598 e. The molecule has 0 aliphatic heterocycles. The Morgan fingerprint density at radius 2 is 2.11 bits per heavy atom. The molecule has 2 unspecified atom stereocenters. The fourth-order valence-electron chi connectivity index (χ4n) is 1.52. The predicted octanol–water partition coefficient (Wildman–Crippen LogP) is 3.00. The van der Waals surface area contributed by atoms with E-state index in [0.717, 1.165) is 0 Å². The molecule has 0 bridgehead atoms. The van der Waals surface area contributed by atoms with Crippen molar-refractivity contribution in [2.75, 3.05) is 0 Å². The lowest BCUT2D eigenvalue weighted by Gasteiger charge is -2.26. The lowest BCUT2D eigenvalue weighted by Crippen LogP contribution is -2.40. The van der Waals surface area contributed by atoms with Crippen LogP contribution < -0.4 is 4.72 Å². The summed E-state index contributed by atoms with van der Waals surface area (Å²) in [5.74, 6) is -0.376. The molecule has 1 N–H and O–H groups in total. The lowest BCUT2D eigenvalue weighted by atomic mass is 10.0. The molecule has 0 aliphatic rings. The molecule has 19 heavy (non-hydrogen) atoms. The summed E-state index contributed by atoms with van der Waals surface area (Å²) in [4.78, 5) is 0. The van der Waals surface area contributed by atoms with E-state index in [1.165, 1.54) is 6.07 Å². The Morgan fingerprint density at radius 1 is 1.47 bits per heavy atom. The lowest BCUT2D eigenvalue weighted by molar-refractivity contribution is 0.522. The Labute approximate surface area is 117 Å². The van der Waals surface area contributed by atoms with E-state index in [1.807, 2.05) is 26.8 Å². The zero-order valence-electron chi connectivity index (χ0n) is 11.7. The minimum atomic E-state index is -1.25. The van der Waals surface area contributed by atoms with Crippen molar-refractivity contribution in [3.63, 3.8) is 0 Å². The van der Waals surface area contributed by atoms with Crippen LogP contribution >= 0.6 is 0 Å². The second-order valence-corrected chi connectivity index (χ2v) is 7.41. The van der Waals surface area contributed by atoms with E-state index in [-0.39, 0.29) is 18.3 Å². The number of hydrogen-bond acceptors (Lipinski definition) is 3. The van der Waals surface area contributed by atoms with E-state index in [0.29, 0.717) is 11.1 Å². The van der Waals surface area contributed by atoms with Crippen LogP contribution in [0.15, 0.2) is 18.2 Å². The Morgan fingerprint density at radius 3 is 2.58 bits per heavy atom. The van der Waals surface area contributed by atoms with Crippen molar-refractivity contribution in [1.82, 2.24) is 4.72 Å². The van der Waals surface area contributed by atoms with E-state index in [2.05, 4.69) is 4.72 Å². The smallest absolute Gasteiger partial charge is 0.136 e. The molecule has 0 aliphatic carbocycles. The summed E-state index contributed by atoms with van der Waals surface area (Å²) in [6.07, 6.45) is 0.187. The van der Waals surface area contributed by atoms with Crippen LogP contribution in [0.3, 0.4) is 0 Å². The molecule has 5 heteroatoms. The number of nitrogens with one attached hydrogen (secondary N) is 1. The van der Waals surface area contributed by atoms with Gasteiger partial charge in [0.05, 0.1) is 18.5 Å². The van der Waals surface area contributed by atoms with Crippen LogP contribution in [0.2, 0.25) is 0 Å². The number of hydrogen-bond donors (Lipinski definition) is 1. The first-order valence-corrected chi connectivity index (χ1v) is 7.24. The third kappa shape index (κ3) is 4.50. The van der Waals surface area contributed by atoms with Gasteiger partial charge in [0.2, 0.25) is 0 Å². The first-order valence-electron chi connectivity index (χ1n) is 6.09. The van der Waals surface area contributed by atoms with Crippen LogP contribution in [0.4, 0.5) is 4.39 Å². The molecule has 0 spiro atoms. The van der Waals surface area contributed by atoms with Crippen molar-refractivity contribution < 1.29 is 8.94 Å². The Bertz CT molecular complexity index is 479. The third-order valence-corrected chi connectivity index (χ3v) is 4.33. The number of nitrogens with zero attached hydrogens (tertiary/aromatic N) is 1.